The van der Waals surface area contributed by atoms with Crippen molar-refractivity contribution >= 4 is 56.7 Å². The first-order valence-electron chi connectivity index (χ1n) is 4.86. The van der Waals surface area contributed by atoms with Gasteiger partial charge in [0.05, 0.1) is 8.86 Å². The molecule has 0 aliphatic heterocycles. The fourth-order valence-electron chi connectivity index (χ4n) is 1.96. The Labute approximate surface area is 112 Å². The minimum absolute atomic E-state index is 0.241. The molecule has 0 radical (unpaired) electrons. The molecule has 0 atom stereocenters. The van der Waals surface area contributed by atoms with Gasteiger partial charge in [0.25, 0.3) is 0 Å². The highest BCUT2D eigenvalue weighted by molar-refractivity contribution is 14.1. The van der Waals surface area contributed by atoms with Gasteiger partial charge in [-0.25, -0.2) is 0 Å². The van der Waals surface area contributed by atoms with Gasteiger partial charge < -0.3 is 0 Å². The summed E-state index contributed by atoms with van der Waals surface area (Å²) >= 11 is 4.25. The Balaban J connectivity index is 2.38. The van der Waals surface area contributed by atoms with Crippen molar-refractivity contribution in [2.24, 2.45) is 11.8 Å². The third-order valence-electron chi connectivity index (χ3n) is 2.90. The minimum Gasteiger partial charge on any atom is -0.299 e. The Morgan fingerprint density at radius 2 is 1.14 bits per heavy atom. The Bertz CT molecular complexity index is 196. The maximum atomic E-state index is 11.4. The number of carbonyl (C=O) groups excluding carboxylic acids is 2. The fourth-order valence-corrected chi connectivity index (χ4v) is 3.20. The molecule has 0 saturated heterocycles. The first-order valence-corrected chi connectivity index (χ1v) is 7.91. The van der Waals surface area contributed by atoms with Gasteiger partial charge >= 0.3 is 0 Å². The predicted octanol–water partition coefficient (Wildman–Crippen LogP) is 2.80. The molecular weight excluding hydrogens is 406 g/mol. The summed E-state index contributed by atoms with van der Waals surface area (Å²) < 4.78 is 1.24. The highest BCUT2D eigenvalue weighted by Crippen LogP contribution is 2.30. The van der Waals surface area contributed by atoms with Crippen molar-refractivity contribution in [3.8, 4) is 0 Å². The summed E-state index contributed by atoms with van der Waals surface area (Å²) in [4.78, 5) is 22.8. The lowest BCUT2D eigenvalue weighted by atomic mass is 9.79. The number of halogens is 2. The van der Waals surface area contributed by atoms with Gasteiger partial charge in [0.1, 0.15) is 11.6 Å². The standard InChI is InChI=1S/C10H14I2O2/c11-5-9(13)7-1-2-8(4-3-7)10(14)6-12/h7-8H,1-6H2. The van der Waals surface area contributed by atoms with E-state index in [1.807, 2.05) is 0 Å². The molecule has 1 fully saturated rings. The largest absolute Gasteiger partial charge is 0.299 e. The second-order valence-electron chi connectivity index (χ2n) is 3.75. The summed E-state index contributed by atoms with van der Waals surface area (Å²) in [5.74, 6) is 1.22. The van der Waals surface area contributed by atoms with Gasteiger partial charge in [-0.2, -0.15) is 0 Å². The van der Waals surface area contributed by atoms with Crippen LogP contribution in [0.3, 0.4) is 0 Å². The summed E-state index contributed by atoms with van der Waals surface area (Å²) in [6.45, 7) is 0. The normalized spacial score (nSPS) is 27.3. The smallest absolute Gasteiger partial charge is 0.145 e. The van der Waals surface area contributed by atoms with E-state index >= 15 is 0 Å². The molecule has 0 unspecified atom stereocenters. The van der Waals surface area contributed by atoms with E-state index in [9.17, 15) is 9.59 Å². The minimum atomic E-state index is 0.241. The number of rotatable bonds is 4. The Hall–Kier alpha value is 0.800. The molecule has 0 amide bonds. The summed E-state index contributed by atoms with van der Waals surface area (Å²) in [5.41, 5.74) is 0. The SMILES string of the molecule is O=C(CI)C1CCC(C(=O)CI)CC1. The van der Waals surface area contributed by atoms with Crippen LogP contribution in [-0.4, -0.2) is 20.4 Å². The van der Waals surface area contributed by atoms with Crippen molar-refractivity contribution in [3.63, 3.8) is 0 Å². The molecule has 80 valence electrons. The average Bonchev–Trinajstić information content (AvgIpc) is 2.27. The van der Waals surface area contributed by atoms with Gasteiger partial charge in [-0.3, -0.25) is 9.59 Å². The molecule has 0 heterocycles. The third-order valence-corrected chi connectivity index (χ3v) is 4.40. The Kier molecular flexibility index (Phi) is 5.88. The van der Waals surface area contributed by atoms with Gasteiger partial charge in [0, 0.05) is 11.8 Å². The number of Topliss-reactive ketones (excluding diaryl/α,β-unsaturated/α-hetero) is 2. The zero-order chi connectivity index (χ0) is 10.6. The van der Waals surface area contributed by atoms with Crippen LogP contribution in [0.25, 0.3) is 0 Å². The van der Waals surface area contributed by atoms with Crippen LogP contribution in [0.4, 0.5) is 0 Å². The van der Waals surface area contributed by atoms with E-state index in [-0.39, 0.29) is 11.8 Å². The van der Waals surface area contributed by atoms with Gasteiger partial charge in [-0.05, 0) is 25.7 Å². The number of ketones is 2. The molecule has 0 spiro atoms. The summed E-state index contributed by atoms with van der Waals surface area (Å²) in [6, 6.07) is 0. The zero-order valence-electron chi connectivity index (χ0n) is 7.97. The quantitative estimate of drug-likeness (QED) is 0.518. The molecule has 0 aromatic carbocycles. The molecule has 0 bridgehead atoms. The molecule has 1 aliphatic carbocycles. The molecule has 0 aromatic heterocycles. The van der Waals surface area contributed by atoms with Crippen LogP contribution in [0.1, 0.15) is 25.7 Å². The molecule has 0 N–H and O–H groups in total. The van der Waals surface area contributed by atoms with E-state index in [1.54, 1.807) is 0 Å². The zero-order valence-corrected chi connectivity index (χ0v) is 12.3. The lowest BCUT2D eigenvalue weighted by Crippen LogP contribution is -2.27. The second-order valence-corrected chi connectivity index (χ2v) is 5.27. The Morgan fingerprint density at radius 3 is 1.36 bits per heavy atom. The number of alkyl halides is 2. The van der Waals surface area contributed by atoms with Crippen LogP contribution in [0.2, 0.25) is 0 Å². The first kappa shape index (κ1) is 12.9. The van der Waals surface area contributed by atoms with E-state index in [0.717, 1.165) is 25.7 Å². The maximum absolute atomic E-state index is 11.4. The highest BCUT2D eigenvalue weighted by atomic mass is 127. The van der Waals surface area contributed by atoms with Crippen molar-refractivity contribution in [2.75, 3.05) is 8.86 Å². The number of hydrogen-bond donors (Lipinski definition) is 0. The van der Waals surface area contributed by atoms with E-state index in [4.69, 9.17) is 0 Å². The molecule has 1 aliphatic rings. The van der Waals surface area contributed by atoms with Crippen molar-refractivity contribution < 1.29 is 9.59 Å². The lowest BCUT2D eigenvalue weighted by molar-refractivity contribution is -0.125. The molecule has 1 rings (SSSR count). The van der Waals surface area contributed by atoms with Crippen LogP contribution in [-0.2, 0) is 9.59 Å². The predicted molar refractivity (Wildman–Crippen MR) is 73.2 cm³/mol. The fraction of sp³-hybridized carbons (Fsp3) is 0.800. The van der Waals surface area contributed by atoms with Gasteiger partial charge in [0.15, 0.2) is 0 Å². The second kappa shape index (κ2) is 6.40. The van der Waals surface area contributed by atoms with E-state index in [2.05, 4.69) is 45.2 Å². The number of carbonyl (C=O) groups is 2. The average molecular weight is 420 g/mol. The third kappa shape index (κ3) is 3.43. The maximum Gasteiger partial charge on any atom is 0.145 e. The monoisotopic (exact) mass is 420 g/mol. The summed E-state index contributed by atoms with van der Waals surface area (Å²) in [7, 11) is 0. The molecule has 1 saturated carbocycles. The van der Waals surface area contributed by atoms with E-state index in [0.29, 0.717) is 20.4 Å². The van der Waals surface area contributed by atoms with Crippen LogP contribution in [0.5, 0.6) is 0 Å². The van der Waals surface area contributed by atoms with E-state index in [1.165, 1.54) is 0 Å². The van der Waals surface area contributed by atoms with Crippen LogP contribution in [0.15, 0.2) is 0 Å². The Morgan fingerprint density at radius 1 is 0.857 bits per heavy atom. The number of hydrogen-bond acceptors (Lipinski definition) is 2. The summed E-state index contributed by atoms with van der Waals surface area (Å²) in [5, 5.41) is 0. The lowest BCUT2D eigenvalue weighted by Gasteiger charge is -2.25. The van der Waals surface area contributed by atoms with Gasteiger partial charge in [-0.1, -0.05) is 45.2 Å². The van der Waals surface area contributed by atoms with Crippen molar-refractivity contribution in [3.05, 3.63) is 0 Å². The van der Waals surface area contributed by atoms with Crippen LogP contribution in [0, 0.1) is 11.8 Å². The topological polar surface area (TPSA) is 34.1 Å². The molecule has 4 heteroatoms. The molecular formula is C10H14I2O2. The van der Waals surface area contributed by atoms with Crippen molar-refractivity contribution in [2.45, 2.75) is 25.7 Å². The highest BCUT2D eigenvalue weighted by Gasteiger charge is 2.28. The molecule has 14 heavy (non-hydrogen) atoms. The molecule has 2 nitrogen and oxygen atoms in total. The molecule has 0 aromatic rings. The van der Waals surface area contributed by atoms with E-state index < -0.39 is 0 Å². The van der Waals surface area contributed by atoms with Crippen LogP contribution >= 0.6 is 45.2 Å². The first-order chi connectivity index (χ1) is 6.69. The summed E-state index contributed by atoms with van der Waals surface area (Å²) in [6.07, 6.45) is 3.70. The van der Waals surface area contributed by atoms with Crippen molar-refractivity contribution in [1.82, 2.24) is 0 Å². The van der Waals surface area contributed by atoms with Crippen molar-refractivity contribution in [1.29, 1.82) is 0 Å². The van der Waals surface area contributed by atoms with Gasteiger partial charge in [-0.15, -0.1) is 0 Å². The van der Waals surface area contributed by atoms with Gasteiger partial charge in [0.2, 0.25) is 0 Å². The van der Waals surface area contributed by atoms with Crippen LogP contribution < -0.4 is 0 Å².